The van der Waals surface area contributed by atoms with Crippen molar-refractivity contribution in [3.05, 3.63) is 29.8 Å². The van der Waals surface area contributed by atoms with Crippen molar-refractivity contribution < 1.29 is 9.53 Å². The molecule has 0 heterocycles. The van der Waals surface area contributed by atoms with Gasteiger partial charge in [0.1, 0.15) is 5.75 Å². The van der Waals surface area contributed by atoms with Crippen molar-refractivity contribution in [1.82, 2.24) is 5.32 Å². The first kappa shape index (κ1) is 15.0. The normalized spacial score (nSPS) is 12.4. The average molecular weight is 260 g/mol. The number of nitrogens with zero attached hydrogens (tertiary/aromatic N) is 1. The Labute approximate surface area is 114 Å². The Morgan fingerprint density at radius 2 is 2.05 bits per heavy atom. The zero-order chi connectivity index (χ0) is 14.5. The van der Waals surface area contributed by atoms with E-state index in [2.05, 4.69) is 11.4 Å². The van der Waals surface area contributed by atoms with E-state index in [9.17, 15) is 10.1 Å². The average Bonchev–Trinajstić information content (AvgIpc) is 2.33. The van der Waals surface area contributed by atoms with Crippen molar-refractivity contribution in [2.45, 2.75) is 38.6 Å². The largest absolute Gasteiger partial charge is 0.496 e. The fourth-order valence-electron chi connectivity index (χ4n) is 1.83. The van der Waals surface area contributed by atoms with E-state index in [1.54, 1.807) is 13.2 Å². The van der Waals surface area contributed by atoms with E-state index in [0.717, 1.165) is 5.56 Å². The lowest BCUT2D eigenvalue weighted by Crippen LogP contribution is -2.41. The summed E-state index contributed by atoms with van der Waals surface area (Å²) in [4.78, 5) is 11.9. The molecular weight excluding hydrogens is 240 g/mol. The molecule has 0 saturated heterocycles. The Balaban J connectivity index is 2.85. The van der Waals surface area contributed by atoms with E-state index in [-0.39, 0.29) is 17.9 Å². The zero-order valence-corrected chi connectivity index (χ0v) is 11.9. The first-order valence-electron chi connectivity index (χ1n) is 6.21. The predicted octanol–water partition coefficient (Wildman–Crippen LogP) is 2.61. The monoisotopic (exact) mass is 260 g/mol. The molecule has 4 heteroatoms. The second-order valence-electron chi connectivity index (χ2n) is 5.43. The molecule has 1 amide bonds. The highest BCUT2D eigenvalue weighted by Crippen LogP contribution is 2.28. The molecular formula is C15H20N2O2. The molecule has 0 aromatic heterocycles. The zero-order valence-electron chi connectivity index (χ0n) is 11.9. The summed E-state index contributed by atoms with van der Waals surface area (Å²) in [5.41, 5.74) is 0.453. The standard InChI is InChI=1S/C15H20N2O2/c1-15(2,3)17-14(18)9-11(10-16)12-7-5-6-8-13(12)19-4/h5-8,11H,9H2,1-4H3,(H,17,18). The lowest BCUT2D eigenvalue weighted by atomic mass is 9.95. The van der Waals surface area contributed by atoms with Crippen LogP contribution < -0.4 is 10.1 Å². The number of nitrogens with one attached hydrogen (secondary N) is 1. The molecule has 1 unspecified atom stereocenters. The van der Waals surface area contributed by atoms with Crippen LogP contribution in [0, 0.1) is 11.3 Å². The quantitative estimate of drug-likeness (QED) is 0.905. The lowest BCUT2D eigenvalue weighted by Gasteiger charge is -2.21. The highest BCUT2D eigenvalue weighted by molar-refractivity contribution is 5.78. The molecule has 4 nitrogen and oxygen atoms in total. The maximum Gasteiger partial charge on any atom is 0.222 e. The number of nitriles is 1. The van der Waals surface area contributed by atoms with Gasteiger partial charge in [-0.25, -0.2) is 0 Å². The minimum absolute atomic E-state index is 0.133. The molecule has 1 N–H and O–H groups in total. The first-order valence-corrected chi connectivity index (χ1v) is 6.21. The topological polar surface area (TPSA) is 62.1 Å². The number of methoxy groups -OCH3 is 1. The van der Waals surface area contributed by atoms with Gasteiger partial charge in [0, 0.05) is 17.5 Å². The van der Waals surface area contributed by atoms with E-state index < -0.39 is 5.92 Å². The highest BCUT2D eigenvalue weighted by Gasteiger charge is 2.21. The second-order valence-corrected chi connectivity index (χ2v) is 5.43. The Kier molecular flexibility index (Phi) is 4.94. The van der Waals surface area contributed by atoms with Crippen molar-refractivity contribution in [2.24, 2.45) is 0 Å². The smallest absolute Gasteiger partial charge is 0.222 e. The van der Waals surface area contributed by atoms with Gasteiger partial charge in [-0.3, -0.25) is 4.79 Å². The molecule has 19 heavy (non-hydrogen) atoms. The van der Waals surface area contributed by atoms with Crippen LogP contribution in [-0.4, -0.2) is 18.6 Å². The molecule has 1 rings (SSSR count). The molecule has 1 aromatic rings. The van der Waals surface area contributed by atoms with Crippen molar-refractivity contribution >= 4 is 5.91 Å². The summed E-state index contributed by atoms with van der Waals surface area (Å²) in [5, 5.41) is 12.1. The molecule has 0 spiro atoms. The Morgan fingerprint density at radius 3 is 2.58 bits per heavy atom. The van der Waals surface area contributed by atoms with Crippen LogP contribution >= 0.6 is 0 Å². The van der Waals surface area contributed by atoms with Crippen LogP contribution in [-0.2, 0) is 4.79 Å². The summed E-state index contributed by atoms with van der Waals surface area (Å²) < 4.78 is 5.23. The fourth-order valence-corrected chi connectivity index (χ4v) is 1.83. The van der Waals surface area contributed by atoms with E-state index in [0.29, 0.717) is 5.75 Å². The fraction of sp³-hybridized carbons (Fsp3) is 0.467. The summed E-state index contributed by atoms with van der Waals surface area (Å²) in [6.45, 7) is 5.74. The van der Waals surface area contributed by atoms with Gasteiger partial charge >= 0.3 is 0 Å². The second kappa shape index (κ2) is 6.24. The molecule has 0 aliphatic heterocycles. The van der Waals surface area contributed by atoms with Gasteiger partial charge in [-0.15, -0.1) is 0 Å². The summed E-state index contributed by atoms with van der Waals surface area (Å²) in [6.07, 6.45) is 0.133. The Bertz CT molecular complexity index is 484. The Morgan fingerprint density at radius 1 is 1.42 bits per heavy atom. The van der Waals surface area contributed by atoms with Gasteiger partial charge in [0.05, 0.1) is 19.1 Å². The lowest BCUT2D eigenvalue weighted by molar-refractivity contribution is -0.122. The maximum atomic E-state index is 11.9. The van der Waals surface area contributed by atoms with Crippen LogP contribution in [0.2, 0.25) is 0 Å². The van der Waals surface area contributed by atoms with Crippen LogP contribution in [0.3, 0.4) is 0 Å². The van der Waals surface area contributed by atoms with Crippen molar-refractivity contribution in [3.63, 3.8) is 0 Å². The van der Waals surface area contributed by atoms with Gasteiger partial charge in [0.25, 0.3) is 0 Å². The van der Waals surface area contributed by atoms with Gasteiger partial charge in [-0.1, -0.05) is 18.2 Å². The van der Waals surface area contributed by atoms with Crippen molar-refractivity contribution in [1.29, 1.82) is 5.26 Å². The highest BCUT2D eigenvalue weighted by atomic mass is 16.5. The SMILES string of the molecule is COc1ccccc1C(C#N)CC(=O)NC(C)(C)C. The number of carbonyl (C=O) groups is 1. The van der Waals surface area contributed by atoms with E-state index in [1.165, 1.54) is 0 Å². The number of para-hydroxylation sites is 1. The Hall–Kier alpha value is -2.02. The van der Waals surface area contributed by atoms with Crippen LogP contribution in [0.5, 0.6) is 5.75 Å². The molecule has 102 valence electrons. The third-order valence-electron chi connectivity index (χ3n) is 2.57. The number of hydrogen-bond donors (Lipinski definition) is 1. The van der Waals surface area contributed by atoms with Crippen molar-refractivity contribution in [2.75, 3.05) is 7.11 Å². The van der Waals surface area contributed by atoms with Gasteiger partial charge in [-0.2, -0.15) is 5.26 Å². The van der Waals surface area contributed by atoms with E-state index >= 15 is 0 Å². The van der Waals surface area contributed by atoms with E-state index in [1.807, 2.05) is 39.0 Å². The third-order valence-corrected chi connectivity index (χ3v) is 2.57. The van der Waals surface area contributed by atoms with Gasteiger partial charge in [0.2, 0.25) is 5.91 Å². The van der Waals surface area contributed by atoms with Gasteiger partial charge < -0.3 is 10.1 Å². The van der Waals surface area contributed by atoms with Crippen LogP contribution in [0.1, 0.15) is 38.7 Å². The molecule has 0 aliphatic carbocycles. The molecule has 1 aromatic carbocycles. The van der Waals surface area contributed by atoms with E-state index in [4.69, 9.17) is 4.74 Å². The number of hydrogen-bond acceptors (Lipinski definition) is 3. The molecule has 0 radical (unpaired) electrons. The van der Waals surface area contributed by atoms with Crippen LogP contribution in [0.4, 0.5) is 0 Å². The summed E-state index contributed by atoms with van der Waals surface area (Å²) >= 11 is 0. The minimum atomic E-state index is -0.501. The molecule has 0 saturated carbocycles. The number of rotatable bonds is 4. The van der Waals surface area contributed by atoms with Crippen molar-refractivity contribution in [3.8, 4) is 11.8 Å². The molecule has 0 aliphatic rings. The predicted molar refractivity (Wildman–Crippen MR) is 73.9 cm³/mol. The number of ether oxygens (including phenoxy) is 1. The number of amides is 1. The summed E-state index contributed by atoms with van der Waals surface area (Å²) in [5.74, 6) is 0.000986. The first-order chi connectivity index (χ1) is 8.87. The van der Waals surface area contributed by atoms with Gasteiger partial charge in [-0.05, 0) is 26.8 Å². The number of benzene rings is 1. The van der Waals surface area contributed by atoms with Crippen LogP contribution in [0.15, 0.2) is 24.3 Å². The minimum Gasteiger partial charge on any atom is -0.496 e. The molecule has 0 fully saturated rings. The third kappa shape index (κ3) is 4.63. The van der Waals surface area contributed by atoms with Gasteiger partial charge in [0.15, 0.2) is 0 Å². The maximum absolute atomic E-state index is 11.9. The van der Waals surface area contributed by atoms with Crippen LogP contribution in [0.25, 0.3) is 0 Å². The summed E-state index contributed by atoms with van der Waals surface area (Å²) in [7, 11) is 1.56. The molecule has 1 atom stereocenters. The number of carbonyl (C=O) groups excluding carboxylic acids is 1. The summed E-state index contributed by atoms with van der Waals surface area (Å²) in [6, 6.07) is 9.45. The molecule has 0 bridgehead atoms.